The number of hydrogen-bond acceptors (Lipinski definition) is 6. The highest BCUT2D eigenvalue weighted by atomic mass is 16.6. The van der Waals surface area contributed by atoms with Crippen molar-refractivity contribution in [2.24, 2.45) is 0 Å². The van der Waals surface area contributed by atoms with Gasteiger partial charge >= 0.3 is 17.9 Å². The number of carbonyl (C=O) groups excluding carboxylic acids is 3. The van der Waals surface area contributed by atoms with Crippen molar-refractivity contribution >= 4 is 17.9 Å². The Morgan fingerprint density at radius 1 is 0.274 bits per heavy atom. The van der Waals surface area contributed by atoms with E-state index in [4.69, 9.17) is 14.2 Å². The summed E-state index contributed by atoms with van der Waals surface area (Å²) in [5, 5.41) is 0. The summed E-state index contributed by atoms with van der Waals surface area (Å²) in [6, 6.07) is 0. The Morgan fingerprint density at radius 3 is 0.795 bits per heavy atom. The van der Waals surface area contributed by atoms with Gasteiger partial charge in [-0.1, -0.05) is 288 Å². The van der Waals surface area contributed by atoms with E-state index in [9.17, 15) is 14.4 Å². The van der Waals surface area contributed by atoms with E-state index >= 15 is 0 Å². The maximum Gasteiger partial charge on any atom is 0.306 e. The van der Waals surface area contributed by atoms with Gasteiger partial charge in [0.1, 0.15) is 13.2 Å². The summed E-state index contributed by atoms with van der Waals surface area (Å²) in [7, 11) is 0. The van der Waals surface area contributed by atoms with Crippen molar-refractivity contribution < 1.29 is 28.6 Å². The van der Waals surface area contributed by atoms with Gasteiger partial charge in [-0.15, -0.1) is 0 Å². The lowest BCUT2D eigenvalue weighted by molar-refractivity contribution is -0.167. The molecule has 0 bridgehead atoms. The highest BCUT2D eigenvalue weighted by Crippen LogP contribution is 2.17. The Labute approximate surface area is 454 Å². The zero-order valence-corrected chi connectivity index (χ0v) is 48.9. The number of unbranched alkanes of at least 4 members (excludes halogenated alkanes) is 40. The second kappa shape index (κ2) is 61.9. The van der Waals surface area contributed by atoms with Crippen LogP contribution in [0.5, 0.6) is 0 Å². The molecule has 0 amide bonds. The van der Waals surface area contributed by atoms with Crippen molar-refractivity contribution in [2.45, 2.75) is 348 Å². The maximum atomic E-state index is 12.9. The van der Waals surface area contributed by atoms with Crippen LogP contribution < -0.4 is 0 Å². The van der Waals surface area contributed by atoms with Crippen molar-refractivity contribution in [2.75, 3.05) is 13.2 Å². The Morgan fingerprint density at radius 2 is 0.493 bits per heavy atom. The van der Waals surface area contributed by atoms with Gasteiger partial charge in [0.25, 0.3) is 0 Å². The Kier molecular flexibility index (Phi) is 59.7. The second-order valence-corrected chi connectivity index (χ2v) is 21.7. The van der Waals surface area contributed by atoms with Crippen LogP contribution in [0.15, 0.2) is 48.6 Å². The molecule has 0 heterocycles. The third-order valence-corrected chi connectivity index (χ3v) is 14.3. The molecular weight excluding hydrogens is 901 g/mol. The molecule has 0 aliphatic rings. The van der Waals surface area contributed by atoms with Crippen LogP contribution in [-0.4, -0.2) is 37.2 Å². The molecule has 0 spiro atoms. The standard InChI is InChI=1S/C67H122O6/c1-4-7-10-13-16-19-22-25-28-30-31-32-33-34-35-36-37-40-42-45-48-51-54-57-60-66(69)72-63-64(62-71-65(68)59-56-53-50-47-44-41-38-27-24-21-18-15-12-9-6-3)73-67(70)61-58-55-52-49-46-43-39-29-26-23-20-17-14-11-8-5-2/h18,20-21,23,27,29,38-39,64H,4-17,19,22,24-26,28,30-37,40-63H2,1-3H3/b21-18-,23-20-,38-27-,39-29-. The third-order valence-electron chi connectivity index (χ3n) is 14.3. The normalized spacial score (nSPS) is 12.3. The van der Waals surface area contributed by atoms with E-state index in [-0.39, 0.29) is 31.1 Å². The summed E-state index contributed by atoms with van der Waals surface area (Å²) >= 11 is 0. The summed E-state index contributed by atoms with van der Waals surface area (Å²) in [6.45, 7) is 6.62. The van der Waals surface area contributed by atoms with Crippen LogP contribution in [0, 0.1) is 0 Å². The zero-order valence-electron chi connectivity index (χ0n) is 48.9. The lowest BCUT2D eigenvalue weighted by Crippen LogP contribution is -2.30. The van der Waals surface area contributed by atoms with Crippen LogP contribution in [0.1, 0.15) is 342 Å². The number of rotatable bonds is 59. The van der Waals surface area contributed by atoms with E-state index < -0.39 is 6.10 Å². The molecule has 0 fully saturated rings. The van der Waals surface area contributed by atoms with Crippen LogP contribution in [-0.2, 0) is 28.6 Å². The lowest BCUT2D eigenvalue weighted by Gasteiger charge is -2.18. The summed E-state index contributed by atoms with van der Waals surface area (Å²) in [5.74, 6) is -0.889. The summed E-state index contributed by atoms with van der Waals surface area (Å²) in [5.41, 5.74) is 0. The first kappa shape index (κ1) is 70.4. The van der Waals surface area contributed by atoms with Gasteiger partial charge in [0.2, 0.25) is 0 Å². The van der Waals surface area contributed by atoms with Crippen LogP contribution >= 0.6 is 0 Å². The molecule has 0 aromatic rings. The first-order chi connectivity index (χ1) is 36.0. The number of esters is 3. The van der Waals surface area contributed by atoms with Gasteiger partial charge in [-0.25, -0.2) is 0 Å². The summed E-state index contributed by atoms with van der Waals surface area (Å²) in [6.07, 6.45) is 76.9. The molecule has 1 unspecified atom stereocenters. The number of carbonyl (C=O) groups is 3. The van der Waals surface area contributed by atoms with E-state index in [2.05, 4.69) is 69.4 Å². The van der Waals surface area contributed by atoms with Crippen LogP contribution in [0.4, 0.5) is 0 Å². The first-order valence-electron chi connectivity index (χ1n) is 32.1. The zero-order chi connectivity index (χ0) is 52.9. The van der Waals surface area contributed by atoms with E-state index in [1.54, 1.807) is 0 Å². The minimum absolute atomic E-state index is 0.0801. The molecule has 0 N–H and O–H groups in total. The minimum Gasteiger partial charge on any atom is -0.462 e. The minimum atomic E-state index is -0.785. The predicted molar refractivity (Wildman–Crippen MR) is 316 cm³/mol. The van der Waals surface area contributed by atoms with Gasteiger partial charge in [-0.05, 0) is 83.5 Å². The van der Waals surface area contributed by atoms with Gasteiger partial charge in [-0.3, -0.25) is 14.4 Å². The smallest absolute Gasteiger partial charge is 0.306 e. The molecular formula is C67H122O6. The van der Waals surface area contributed by atoms with E-state index in [1.807, 2.05) is 0 Å². The Balaban J connectivity index is 4.29. The van der Waals surface area contributed by atoms with E-state index in [1.165, 1.54) is 199 Å². The molecule has 0 radical (unpaired) electrons. The molecule has 0 aromatic heterocycles. The predicted octanol–water partition coefficient (Wildman–Crippen LogP) is 21.8. The molecule has 0 rings (SSSR count). The molecule has 0 saturated heterocycles. The number of hydrogen-bond donors (Lipinski definition) is 0. The highest BCUT2D eigenvalue weighted by molar-refractivity contribution is 5.71. The molecule has 1 atom stereocenters. The Bertz CT molecular complexity index is 1270. The maximum absolute atomic E-state index is 12.9. The topological polar surface area (TPSA) is 78.9 Å². The molecule has 0 aliphatic heterocycles. The SMILES string of the molecule is CCCCC/C=C\C/C=C\CCCCCCCC(=O)OCC(COC(=O)CCCCCCCCCCCCCCCCCCCCCCCCCC)OC(=O)CCCCCCC/C=C\C/C=C\CCCCCC. The van der Waals surface area contributed by atoms with Crippen molar-refractivity contribution in [3.05, 3.63) is 48.6 Å². The molecule has 6 heteroatoms. The third kappa shape index (κ3) is 60.1. The average Bonchev–Trinajstić information content (AvgIpc) is 3.39. The second-order valence-electron chi connectivity index (χ2n) is 21.7. The fourth-order valence-corrected chi connectivity index (χ4v) is 9.45. The molecule has 426 valence electrons. The molecule has 0 aliphatic carbocycles. The summed E-state index contributed by atoms with van der Waals surface area (Å²) < 4.78 is 16.9. The molecule has 6 nitrogen and oxygen atoms in total. The van der Waals surface area contributed by atoms with Gasteiger partial charge in [0.15, 0.2) is 6.10 Å². The van der Waals surface area contributed by atoms with Crippen LogP contribution in [0.3, 0.4) is 0 Å². The number of allylic oxidation sites excluding steroid dienone is 8. The van der Waals surface area contributed by atoms with Crippen molar-refractivity contribution in [1.82, 2.24) is 0 Å². The monoisotopic (exact) mass is 1020 g/mol. The van der Waals surface area contributed by atoms with E-state index in [0.717, 1.165) is 103 Å². The van der Waals surface area contributed by atoms with Gasteiger partial charge in [-0.2, -0.15) is 0 Å². The van der Waals surface area contributed by atoms with Gasteiger partial charge in [0, 0.05) is 19.3 Å². The fourth-order valence-electron chi connectivity index (χ4n) is 9.45. The fraction of sp³-hybridized carbons (Fsp3) is 0.836. The largest absolute Gasteiger partial charge is 0.462 e. The van der Waals surface area contributed by atoms with Crippen molar-refractivity contribution in [3.8, 4) is 0 Å². The summed E-state index contributed by atoms with van der Waals surface area (Å²) in [4.78, 5) is 38.3. The number of ether oxygens (including phenoxy) is 3. The first-order valence-corrected chi connectivity index (χ1v) is 32.1. The van der Waals surface area contributed by atoms with Crippen LogP contribution in [0.25, 0.3) is 0 Å². The molecule has 0 saturated carbocycles. The average molecular weight is 1020 g/mol. The van der Waals surface area contributed by atoms with Gasteiger partial charge < -0.3 is 14.2 Å². The molecule has 0 aromatic carbocycles. The van der Waals surface area contributed by atoms with Crippen molar-refractivity contribution in [1.29, 1.82) is 0 Å². The van der Waals surface area contributed by atoms with Crippen molar-refractivity contribution in [3.63, 3.8) is 0 Å². The van der Waals surface area contributed by atoms with Crippen LogP contribution in [0.2, 0.25) is 0 Å². The quantitative estimate of drug-likeness (QED) is 0.0261. The Hall–Kier alpha value is -2.63. The van der Waals surface area contributed by atoms with Gasteiger partial charge in [0.05, 0.1) is 0 Å². The lowest BCUT2D eigenvalue weighted by atomic mass is 10.0. The molecule has 73 heavy (non-hydrogen) atoms. The highest BCUT2D eigenvalue weighted by Gasteiger charge is 2.19. The van der Waals surface area contributed by atoms with E-state index in [0.29, 0.717) is 19.3 Å².